The molecule has 11 heavy (non-hydrogen) atoms. The molecule has 2 heterocycles. The monoisotopic (exact) mass is 155 g/mol. The third kappa shape index (κ3) is 1.00. The Kier molecular flexibility index (Phi) is 1.69. The minimum atomic E-state index is 0.189. The van der Waals surface area contributed by atoms with Gasteiger partial charge in [0, 0.05) is 19.0 Å². The van der Waals surface area contributed by atoms with E-state index in [9.17, 15) is 0 Å². The maximum atomic E-state index is 5.68. The maximum absolute atomic E-state index is 5.68. The van der Waals surface area contributed by atoms with E-state index in [1.807, 2.05) is 0 Å². The second kappa shape index (κ2) is 2.46. The van der Waals surface area contributed by atoms with Crippen molar-refractivity contribution in [3.63, 3.8) is 0 Å². The van der Waals surface area contributed by atoms with Crippen molar-refractivity contribution >= 4 is 0 Å². The Morgan fingerprint density at radius 2 is 2.09 bits per heavy atom. The van der Waals surface area contributed by atoms with Gasteiger partial charge in [0.25, 0.3) is 0 Å². The molecule has 2 nitrogen and oxygen atoms in total. The summed E-state index contributed by atoms with van der Waals surface area (Å²) in [6, 6.07) is 0.651. The van der Waals surface area contributed by atoms with Crippen LogP contribution in [-0.4, -0.2) is 29.8 Å². The Morgan fingerprint density at radius 3 is 2.45 bits per heavy atom. The fourth-order valence-corrected chi connectivity index (χ4v) is 2.36. The van der Waals surface area contributed by atoms with Crippen molar-refractivity contribution in [1.29, 1.82) is 0 Å². The zero-order valence-corrected chi connectivity index (χ0v) is 7.47. The first-order valence-electron chi connectivity index (χ1n) is 4.65. The third-order valence-corrected chi connectivity index (χ3v) is 2.98. The number of ether oxygens (including phenoxy) is 1. The lowest BCUT2D eigenvalue weighted by Crippen LogP contribution is -2.56. The molecular formula is C9H17NO. The molecule has 0 radical (unpaired) electrons. The Hall–Kier alpha value is -0.0800. The maximum Gasteiger partial charge on any atom is 0.124 e. The van der Waals surface area contributed by atoms with E-state index >= 15 is 0 Å². The van der Waals surface area contributed by atoms with E-state index in [0.29, 0.717) is 6.04 Å². The van der Waals surface area contributed by atoms with Crippen molar-refractivity contribution in [1.82, 2.24) is 4.90 Å². The highest BCUT2D eigenvalue weighted by Gasteiger charge is 2.47. The standard InChI is InChI=1S/C9H17NO/c1-8(2)10-6-3-4-9(10)5-7-11-9/h8H,3-7H2,1-2H3. The van der Waals surface area contributed by atoms with Crippen LogP contribution in [0.15, 0.2) is 0 Å². The molecule has 0 aromatic rings. The molecule has 1 atom stereocenters. The van der Waals surface area contributed by atoms with Gasteiger partial charge in [-0.3, -0.25) is 4.90 Å². The molecule has 0 aromatic heterocycles. The highest BCUT2D eigenvalue weighted by Crippen LogP contribution is 2.40. The molecule has 1 spiro atoms. The smallest absolute Gasteiger partial charge is 0.124 e. The summed E-state index contributed by atoms with van der Waals surface area (Å²) in [6.45, 7) is 6.73. The van der Waals surface area contributed by atoms with E-state index in [4.69, 9.17) is 4.74 Å². The van der Waals surface area contributed by atoms with Gasteiger partial charge in [0.15, 0.2) is 0 Å². The van der Waals surface area contributed by atoms with E-state index in [-0.39, 0.29) is 5.72 Å². The van der Waals surface area contributed by atoms with Crippen molar-refractivity contribution < 1.29 is 4.74 Å². The summed E-state index contributed by atoms with van der Waals surface area (Å²) in [4.78, 5) is 2.51. The number of nitrogens with zero attached hydrogens (tertiary/aromatic N) is 1. The van der Waals surface area contributed by atoms with E-state index in [1.54, 1.807) is 0 Å². The van der Waals surface area contributed by atoms with Gasteiger partial charge in [-0.1, -0.05) is 0 Å². The first kappa shape index (κ1) is 7.56. The molecule has 0 N–H and O–H groups in total. The number of hydrogen-bond donors (Lipinski definition) is 0. The minimum absolute atomic E-state index is 0.189. The Bertz CT molecular complexity index is 152. The van der Waals surface area contributed by atoms with Crippen molar-refractivity contribution in [3.8, 4) is 0 Å². The van der Waals surface area contributed by atoms with Crippen LogP contribution in [0.1, 0.15) is 33.1 Å². The minimum Gasteiger partial charge on any atom is -0.360 e. The summed E-state index contributed by atoms with van der Waals surface area (Å²) in [5.41, 5.74) is 0.189. The lowest BCUT2D eigenvalue weighted by atomic mass is 10.0. The lowest BCUT2D eigenvalue weighted by Gasteiger charge is -2.47. The summed E-state index contributed by atoms with van der Waals surface area (Å²) >= 11 is 0. The van der Waals surface area contributed by atoms with Crippen LogP contribution in [0, 0.1) is 0 Å². The van der Waals surface area contributed by atoms with Gasteiger partial charge in [0.2, 0.25) is 0 Å². The topological polar surface area (TPSA) is 12.5 Å². The average Bonchev–Trinajstić information content (AvgIpc) is 2.27. The summed E-state index contributed by atoms with van der Waals surface area (Å²) in [6.07, 6.45) is 3.83. The van der Waals surface area contributed by atoms with Crippen LogP contribution in [0.25, 0.3) is 0 Å². The van der Waals surface area contributed by atoms with E-state index in [0.717, 1.165) is 6.61 Å². The van der Waals surface area contributed by atoms with Crippen molar-refractivity contribution in [2.75, 3.05) is 13.2 Å². The summed E-state index contributed by atoms with van der Waals surface area (Å²) in [5, 5.41) is 0. The molecule has 2 fully saturated rings. The van der Waals surface area contributed by atoms with Crippen molar-refractivity contribution in [3.05, 3.63) is 0 Å². The summed E-state index contributed by atoms with van der Waals surface area (Å²) < 4.78 is 5.68. The van der Waals surface area contributed by atoms with Gasteiger partial charge >= 0.3 is 0 Å². The van der Waals surface area contributed by atoms with E-state index in [2.05, 4.69) is 18.7 Å². The SMILES string of the molecule is CC(C)N1CCCC12CCO2. The fourth-order valence-electron chi connectivity index (χ4n) is 2.36. The predicted molar refractivity (Wildman–Crippen MR) is 44.4 cm³/mol. The second-order valence-corrected chi connectivity index (χ2v) is 3.94. The van der Waals surface area contributed by atoms with Crippen LogP contribution in [0.3, 0.4) is 0 Å². The van der Waals surface area contributed by atoms with Gasteiger partial charge in [-0.25, -0.2) is 0 Å². The molecule has 2 heteroatoms. The number of hydrogen-bond acceptors (Lipinski definition) is 2. The highest BCUT2D eigenvalue weighted by molar-refractivity contribution is 4.94. The molecule has 2 aliphatic rings. The third-order valence-electron chi connectivity index (χ3n) is 2.98. The van der Waals surface area contributed by atoms with Gasteiger partial charge in [-0.15, -0.1) is 0 Å². The molecule has 2 saturated heterocycles. The molecule has 0 bridgehead atoms. The molecule has 0 aliphatic carbocycles. The molecule has 64 valence electrons. The van der Waals surface area contributed by atoms with E-state index in [1.165, 1.54) is 25.8 Å². The Balaban J connectivity index is 2.07. The zero-order chi connectivity index (χ0) is 7.90. The quantitative estimate of drug-likeness (QED) is 0.570. The largest absolute Gasteiger partial charge is 0.360 e. The van der Waals surface area contributed by atoms with Gasteiger partial charge < -0.3 is 4.74 Å². The van der Waals surface area contributed by atoms with Crippen LogP contribution in [-0.2, 0) is 4.74 Å². The van der Waals surface area contributed by atoms with E-state index < -0.39 is 0 Å². The van der Waals surface area contributed by atoms with Crippen LogP contribution in [0.5, 0.6) is 0 Å². The molecule has 0 amide bonds. The number of likely N-dealkylation sites (tertiary alicyclic amines) is 1. The first-order chi connectivity index (χ1) is 5.25. The molecule has 0 saturated carbocycles. The normalized spacial score (nSPS) is 38.5. The van der Waals surface area contributed by atoms with Gasteiger partial charge in [0.1, 0.15) is 5.72 Å². The highest BCUT2D eigenvalue weighted by atomic mass is 16.5. The Labute approximate surface area is 68.5 Å². The van der Waals surface area contributed by atoms with Crippen LogP contribution in [0.4, 0.5) is 0 Å². The van der Waals surface area contributed by atoms with Crippen LogP contribution < -0.4 is 0 Å². The predicted octanol–water partition coefficient (Wildman–Crippen LogP) is 1.61. The zero-order valence-electron chi connectivity index (χ0n) is 7.47. The average molecular weight is 155 g/mol. The van der Waals surface area contributed by atoms with Gasteiger partial charge in [0.05, 0.1) is 6.61 Å². The van der Waals surface area contributed by atoms with Crippen LogP contribution >= 0.6 is 0 Å². The Morgan fingerprint density at radius 1 is 1.36 bits per heavy atom. The van der Waals surface area contributed by atoms with Gasteiger partial charge in [-0.05, 0) is 26.7 Å². The van der Waals surface area contributed by atoms with Crippen molar-refractivity contribution in [2.24, 2.45) is 0 Å². The number of rotatable bonds is 1. The summed E-state index contributed by atoms with van der Waals surface area (Å²) in [7, 11) is 0. The second-order valence-electron chi connectivity index (χ2n) is 3.94. The molecule has 1 unspecified atom stereocenters. The van der Waals surface area contributed by atoms with Gasteiger partial charge in [-0.2, -0.15) is 0 Å². The molecule has 2 rings (SSSR count). The summed E-state index contributed by atoms with van der Waals surface area (Å²) in [5.74, 6) is 0. The molecule has 2 aliphatic heterocycles. The van der Waals surface area contributed by atoms with Crippen molar-refractivity contribution in [2.45, 2.75) is 44.9 Å². The molecular weight excluding hydrogens is 138 g/mol. The first-order valence-corrected chi connectivity index (χ1v) is 4.65. The van der Waals surface area contributed by atoms with Crippen LogP contribution in [0.2, 0.25) is 0 Å². The lowest BCUT2D eigenvalue weighted by molar-refractivity contribution is -0.228. The fraction of sp³-hybridized carbons (Fsp3) is 1.00. The molecule has 0 aromatic carbocycles.